The molecule has 7 heteroatoms. The van der Waals surface area contributed by atoms with Crippen molar-refractivity contribution >= 4 is 21.7 Å². The number of nitrogens with zero attached hydrogens (tertiary/aromatic N) is 1. The average Bonchev–Trinajstić information content (AvgIpc) is 2.29. The van der Waals surface area contributed by atoms with Gasteiger partial charge in [-0.05, 0) is 30.7 Å². The number of sulfonamides is 1. The molecule has 100 valence electrons. The predicted octanol–water partition coefficient (Wildman–Crippen LogP) is 1.84. The predicted molar refractivity (Wildman–Crippen MR) is 67.2 cm³/mol. The molecular formula is C11H15FN2O3S. The van der Waals surface area contributed by atoms with Crippen LogP contribution in [0.3, 0.4) is 0 Å². The van der Waals surface area contributed by atoms with Gasteiger partial charge in [-0.3, -0.25) is 0 Å². The summed E-state index contributed by atoms with van der Waals surface area (Å²) in [7, 11) is -3.81. The van der Waals surface area contributed by atoms with Crippen LogP contribution in [0.4, 0.5) is 14.9 Å². The van der Waals surface area contributed by atoms with Crippen LogP contribution < -0.4 is 10.0 Å². The highest BCUT2D eigenvalue weighted by atomic mass is 32.2. The van der Waals surface area contributed by atoms with Gasteiger partial charge in [0, 0.05) is 0 Å². The second-order valence-electron chi connectivity index (χ2n) is 3.75. The minimum Gasteiger partial charge on any atom is -0.350 e. The number of carbonyl (C=O) groups is 1. The summed E-state index contributed by atoms with van der Waals surface area (Å²) in [6.07, 6.45) is 1.10. The monoisotopic (exact) mass is 274 g/mol. The molecule has 0 heterocycles. The van der Waals surface area contributed by atoms with E-state index >= 15 is 0 Å². The molecule has 0 saturated heterocycles. The summed E-state index contributed by atoms with van der Waals surface area (Å²) in [6.45, 7) is 1.84. The van der Waals surface area contributed by atoms with E-state index in [1.165, 1.54) is 12.1 Å². The smallest absolute Gasteiger partial charge is 0.333 e. The van der Waals surface area contributed by atoms with Crippen molar-refractivity contribution in [2.24, 2.45) is 5.73 Å². The van der Waals surface area contributed by atoms with Crippen LogP contribution in [-0.4, -0.2) is 20.2 Å². The number of halogens is 1. The number of nitrogens with two attached hydrogens (primary N) is 1. The summed E-state index contributed by atoms with van der Waals surface area (Å²) in [5.41, 5.74) is 5.12. The Morgan fingerprint density at radius 3 is 2.33 bits per heavy atom. The summed E-state index contributed by atoms with van der Waals surface area (Å²) in [5, 5.41) is 0. The summed E-state index contributed by atoms with van der Waals surface area (Å²) in [5.74, 6) is -0.696. The molecule has 2 amide bonds. The number of hydrogen-bond donors (Lipinski definition) is 1. The van der Waals surface area contributed by atoms with Crippen molar-refractivity contribution in [1.82, 2.24) is 0 Å². The normalized spacial score (nSPS) is 11.2. The third-order valence-corrected chi connectivity index (χ3v) is 4.05. The molecular weight excluding hydrogens is 259 g/mol. The van der Waals surface area contributed by atoms with Crippen LogP contribution in [0.25, 0.3) is 0 Å². The Morgan fingerprint density at radius 2 is 1.89 bits per heavy atom. The van der Waals surface area contributed by atoms with Gasteiger partial charge < -0.3 is 5.73 Å². The van der Waals surface area contributed by atoms with E-state index in [-0.39, 0.29) is 11.4 Å². The van der Waals surface area contributed by atoms with Crippen LogP contribution in [0.5, 0.6) is 0 Å². The van der Waals surface area contributed by atoms with Crippen molar-refractivity contribution in [3.63, 3.8) is 0 Å². The van der Waals surface area contributed by atoms with E-state index in [1.54, 1.807) is 0 Å². The lowest BCUT2D eigenvalue weighted by molar-refractivity contribution is 0.257. The zero-order valence-corrected chi connectivity index (χ0v) is 10.8. The molecule has 2 N–H and O–H groups in total. The Kier molecular flexibility index (Phi) is 4.66. The van der Waals surface area contributed by atoms with Crippen molar-refractivity contribution in [2.45, 2.75) is 19.8 Å². The minimum absolute atomic E-state index is 0.0417. The number of amides is 2. The van der Waals surface area contributed by atoms with Crippen LogP contribution in [0.15, 0.2) is 24.3 Å². The highest BCUT2D eigenvalue weighted by Crippen LogP contribution is 2.19. The molecule has 5 nitrogen and oxygen atoms in total. The van der Waals surface area contributed by atoms with E-state index in [4.69, 9.17) is 5.73 Å². The second-order valence-corrected chi connectivity index (χ2v) is 5.69. The number of urea groups is 1. The van der Waals surface area contributed by atoms with Gasteiger partial charge in [0.2, 0.25) is 10.0 Å². The maximum Gasteiger partial charge on any atom is 0.333 e. The topological polar surface area (TPSA) is 80.5 Å². The van der Waals surface area contributed by atoms with Crippen molar-refractivity contribution in [1.29, 1.82) is 0 Å². The molecule has 0 aliphatic carbocycles. The summed E-state index contributed by atoms with van der Waals surface area (Å²) < 4.78 is 37.2. The van der Waals surface area contributed by atoms with Gasteiger partial charge in [-0.25, -0.2) is 17.6 Å². The van der Waals surface area contributed by atoms with Gasteiger partial charge in [-0.1, -0.05) is 13.3 Å². The number of carbonyl (C=O) groups excluding carboxylic acids is 1. The highest BCUT2D eigenvalue weighted by molar-refractivity contribution is 7.93. The van der Waals surface area contributed by atoms with Crippen molar-refractivity contribution in [3.05, 3.63) is 30.1 Å². The zero-order chi connectivity index (χ0) is 13.8. The molecule has 0 saturated carbocycles. The van der Waals surface area contributed by atoms with Gasteiger partial charge in [-0.15, -0.1) is 0 Å². The van der Waals surface area contributed by atoms with Crippen molar-refractivity contribution in [2.75, 3.05) is 10.1 Å². The van der Waals surface area contributed by atoms with E-state index in [1.807, 2.05) is 6.92 Å². The molecule has 1 aromatic rings. The molecule has 0 unspecified atom stereocenters. The van der Waals surface area contributed by atoms with Crippen LogP contribution in [-0.2, 0) is 10.0 Å². The molecule has 1 rings (SSSR count). The molecule has 1 aromatic carbocycles. The molecule has 0 aliphatic heterocycles. The van der Waals surface area contributed by atoms with Crippen molar-refractivity contribution < 1.29 is 17.6 Å². The first kappa shape index (κ1) is 14.4. The molecule has 0 fully saturated rings. The van der Waals surface area contributed by atoms with Gasteiger partial charge >= 0.3 is 6.03 Å². The first-order valence-electron chi connectivity index (χ1n) is 5.46. The largest absolute Gasteiger partial charge is 0.350 e. The number of rotatable bonds is 5. The van der Waals surface area contributed by atoms with Gasteiger partial charge in [0.25, 0.3) is 0 Å². The van der Waals surface area contributed by atoms with E-state index in [9.17, 15) is 17.6 Å². The lowest BCUT2D eigenvalue weighted by Gasteiger charge is -2.20. The van der Waals surface area contributed by atoms with Crippen LogP contribution in [0, 0.1) is 5.82 Å². The first-order chi connectivity index (χ1) is 8.38. The van der Waals surface area contributed by atoms with Crippen LogP contribution in [0.1, 0.15) is 19.8 Å². The average molecular weight is 274 g/mol. The number of primary amides is 1. The lowest BCUT2D eigenvalue weighted by Crippen LogP contribution is -2.42. The van der Waals surface area contributed by atoms with E-state index in [2.05, 4.69) is 0 Å². The second kappa shape index (κ2) is 5.81. The number of anilines is 1. The third-order valence-electron chi connectivity index (χ3n) is 2.30. The van der Waals surface area contributed by atoms with Crippen molar-refractivity contribution in [3.8, 4) is 0 Å². The Morgan fingerprint density at radius 1 is 1.33 bits per heavy atom. The lowest BCUT2D eigenvalue weighted by atomic mass is 10.3. The van der Waals surface area contributed by atoms with E-state index in [0.717, 1.165) is 12.1 Å². The minimum atomic E-state index is -3.81. The molecule has 0 radical (unpaired) electrons. The van der Waals surface area contributed by atoms with E-state index < -0.39 is 21.9 Å². The SMILES string of the molecule is CCCCS(=O)(=O)N(C(N)=O)c1ccc(F)cc1. The Bertz CT molecular complexity index is 514. The van der Waals surface area contributed by atoms with E-state index in [0.29, 0.717) is 17.1 Å². The van der Waals surface area contributed by atoms with Crippen LogP contribution >= 0.6 is 0 Å². The fourth-order valence-electron chi connectivity index (χ4n) is 1.42. The van der Waals surface area contributed by atoms with Gasteiger partial charge in [0.15, 0.2) is 0 Å². The summed E-state index contributed by atoms with van der Waals surface area (Å²) in [6, 6.07) is 3.44. The molecule has 0 aromatic heterocycles. The molecule has 0 aliphatic rings. The van der Waals surface area contributed by atoms with Gasteiger partial charge in [0.1, 0.15) is 5.82 Å². The molecule has 0 atom stereocenters. The summed E-state index contributed by atoms with van der Waals surface area (Å²) in [4.78, 5) is 11.3. The highest BCUT2D eigenvalue weighted by Gasteiger charge is 2.26. The Hall–Kier alpha value is -1.63. The Labute approximate surface area is 105 Å². The quantitative estimate of drug-likeness (QED) is 0.889. The van der Waals surface area contributed by atoms with Gasteiger partial charge in [0.05, 0.1) is 11.4 Å². The molecule has 0 bridgehead atoms. The third kappa shape index (κ3) is 3.43. The fraction of sp³-hybridized carbons (Fsp3) is 0.364. The van der Waals surface area contributed by atoms with Gasteiger partial charge in [-0.2, -0.15) is 4.31 Å². The fourth-order valence-corrected chi connectivity index (χ4v) is 2.97. The molecule has 0 spiro atoms. The summed E-state index contributed by atoms with van der Waals surface area (Å²) >= 11 is 0. The standard InChI is InChI=1S/C11H15FN2O3S/c1-2-3-8-18(16,17)14(11(13)15)10-6-4-9(12)5-7-10/h4-7H,2-3,8H2,1H3,(H2,13,15). The van der Waals surface area contributed by atoms with Crippen LogP contribution in [0.2, 0.25) is 0 Å². The maximum atomic E-state index is 12.8. The zero-order valence-electron chi connectivity index (χ0n) is 9.97. The number of benzene rings is 1. The Balaban J connectivity index is 3.11. The first-order valence-corrected chi connectivity index (χ1v) is 7.07. The number of unbranched alkanes of at least 4 members (excludes halogenated alkanes) is 1. The number of hydrogen-bond acceptors (Lipinski definition) is 3. The maximum absolute atomic E-state index is 12.8. The molecule has 18 heavy (non-hydrogen) atoms.